The molecule has 2 aromatic heterocycles. The van der Waals surface area contributed by atoms with Gasteiger partial charge < -0.3 is 20.0 Å². The number of carbonyl (C=O) groups is 2. The van der Waals surface area contributed by atoms with Crippen LogP contribution in [-0.4, -0.2) is 40.1 Å². The first-order valence-electron chi connectivity index (χ1n) is 10.2. The molecular formula is C24H22N4O3. The second-order valence-corrected chi connectivity index (χ2v) is 7.68. The van der Waals surface area contributed by atoms with Crippen LogP contribution in [0.25, 0.3) is 33.0 Å². The summed E-state index contributed by atoms with van der Waals surface area (Å²) >= 11 is 0. The molecule has 156 valence electrons. The Hall–Kier alpha value is -3.84. The molecule has 0 aliphatic carbocycles. The molecule has 0 spiro atoms. The molecule has 0 radical (unpaired) electrons. The number of aromatic amines is 1. The summed E-state index contributed by atoms with van der Waals surface area (Å²) in [6, 6.07) is 12.8. The van der Waals surface area contributed by atoms with Crippen LogP contribution in [0, 0.1) is 0 Å². The minimum absolute atomic E-state index is 0.157. The first-order valence-corrected chi connectivity index (χ1v) is 10.2. The maximum absolute atomic E-state index is 12.9. The third-order valence-corrected chi connectivity index (χ3v) is 5.75. The van der Waals surface area contributed by atoms with Gasteiger partial charge in [-0.2, -0.15) is 0 Å². The number of nitrogens with zero attached hydrogens (tertiary/aromatic N) is 1. The molecular weight excluding hydrogens is 392 g/mol. The number of para-hydroxylation sites is 1. The molecule has 0 atom stereocenters. The van der Waals surface area contributed by atoms with Gasteiger partial charge in [-0.25, -0.2) is 0 Å². The van der Waals surface area contributed by atoms with Gasteiger partial charge in [-0.05, 0) is 38.2 Å². The highest BCUT2D eigenvalue weighted by Gasteiger charge is 2.35. The van der Waals surface area contributed by atoms with E-state index in [-0.39, 0.29) is 5.75 Å². The number of phenols is 1. The number of hydrogen-bond acceptors (Lipinski definition) is 4. The standard InChI is InChI=1S/C24H22N4O3/c1-25-9-4-10-28-13-18(16-8-7-14(29)11-20(16)28)22-21(23(30)27-24(22)31)17-12-26-19-6-3-2-5-15(17)19/h2-3,5-8,11-13,25-26,29H,4,9-10H2,1H3,(H,27,30,31). The molecule has 7 heteroatoms. The number of nitrogens with one attached hydrogen (secondary N) is 3. The first kappa shape index (κ1) is 19.1. The Morgan fingerprint density at radius 2 is 1.77 bits per heavy atom. The molecule has 1 aliphatic rings. The summed E-state index contributed by atoms with van der Waals surface area (Å²) in [6.07, 6.45) is 4.56. The Labute approximate surface area is 178 Å². The summed E-state index contributed by atoms with van der Waals surface area (Å²) in [5, 5.41) is 17.3. The topological polar surface area (TPSA) is 99.2 Å². The Kier molecular flexibility index (Phi) is 4.60. The number of aromatic hydroxyl groups is 1. The fraction of sp³-hybridized carbons (Fsp3) is 0.167. The minimum Gasteiger partial charge on any atom is -0.508 e. The zero-order valence-electron chi connectivity index (χ0n) is 17.0. The molecule has 1 aliphatic heterocycles. The fourth-order valence-electron chi connectivity index (χ4n) is 4.34. The number of hydrogen-bond donors (Lipinski definition) is 4. The van der Waals surface area contributed by atoms with Crippen molar-refractivity contribution in [1.29, 1.82) is 0 Å². The van der Waals surface area contributed by atoms with Gasteiger partial charge in [0.2, 0.25) is 0 Å². The quantitative estimate of drug-likeness (QED) is 0.288. The Bertz CT molecular complexity index is 1380. The predicted molar refractivity (Wildman–Crippen MR) is 120 cm³/mol. The summed E-state index contributed by atoms with van der Waals surface area (Å²) in [5.74, 6) is -0.656. The number of aryl methyl sites for hydroxylation is 1. The van der Waals surface area contributed by atoms with E-state index >= 15 is 0 Å². The highest BCUT2D eigenvalue weighted by atomic mass is 16.3. The number of H-pyrrole nitrogens is 1. The lowest BCUT2D eigenvalue weighted by atomic mass is 9.95. The number of amides is 2. The number of imide groups is 1. The van der Waals surface area contributed by atoms with Crippen LogP contribution in [0.5, 0.6) is 5.75 Å². The molecule has 4 aromatic rings. The number of aromatic nitrogens is 2. The molecule has 2 amide bonds. The molecule has 5 rings (SSSR count). The monoisotopic (exact) mass is 414 g/mol. The molecule has 0 saturated carbocycles. The van der Waals surface area contributed by atoms with Crippen molar-refractivity contribution in [2.75, 3.05) is 13.6 Å². The smallest absolute Gasteiger partial charge is 0.259 e. The highest BCUT2D eigenvalue weighted by Crippen LogP contribution is 2.38. The number of carbonyl (C=O) groups excluding carboxylic acids is 2. The van der Waals surface area contributed by atoms with Crippen molar-refractivity contribution in [1.82, 2.24) is 20.2 Å². The molecule has 31 heavy (non-hydrogen) atoms. The molecule has 0 unspecified atom stereocenters. The molecule has 7 nitrogen and oxygen atoms in total. The van der Waals surface area contributed by atoms with Gasteiger partial charge in [-0.3, -0.25) is 14.9 Å². The van der Waals surface area contributed by atoms with Gasteiger partial charge in [-0.15, -0.1) is 0 Å². The second kappa shape index (κ2) is 7.45. The van der Waals surface area contributed by atoms with Crippen molar-refractivity contribution in [3.63, 3.8) is 0 Å². The lowest BCUT2D eigenvalue weighted by molar-refractivity contribution is -0.122. The van der Waals surface area contributed by atoms with Crippen LogP contribution in [-0.2, 0) is 16.1 Å². The van der Waals surface area contributed by atoms with Gasteiger partial charge in [0.05, 0.1) is 16.7 Å². The van der Waals surface area contributed by atoms with E-state index in [1.165, 1.54) is 0 Å². The second-order valence-electron chi connectivity index (χ2n) is 7.68. The van der Waals surface area contributed by atoms with E-state index in [0.717, 1.165) is 34.8 Å². The molecule has 3 heterocycles. The normalized spacial score (nSPS) is 14.2. The summed E-state index contributed by atoms with van der Waals surface area (Å²) in [6.45, 7) is 1.56. The van der Waals surface area contributed by atoms with E-state index in [2.05, 4.69) is 15.6 Å². The van der Waals surface area contributed by atoms with E-state index in [0.29, 0.717) is 28.8 Å². The maximum Gasteiger partial charge on any atom is 0.259 e. The third kappa shape index (κ3) is 3.10. The van der Waals surface area contributed by atoms with Gasteiger partial charge in [0, 0.05) is 52.4 Å². The average Bonchev–Trinajstić information content (AvgIpc) is 3.41. The van der Waals surface area contributed by atoms with Gasteiger partial charge in [-0.1, -0.05) is 18.2 Å². The van der Waals surface area contributed by atoms with E-state index < -0.39 is 11.8 Å². The SMILES string of the molecule is CNCCCn1cc(C2=C(c3c[nH]c4ccccc34)C(=O)NC2=O)c2ccc(O)cc21. The van der Waals surface area contributed by atoms with Crippen molar-refractivity contribution < 1.29 is 14.7 Å². The van der Waals surface area contributed by atoms with E-state index in [1.54, 1.807) is 24.4 Å². The molecule has 2 aromatic carbocycles. The van der Waals surface area contributed by atoms with Crippen LogP contribution in [0.4, 0.5) is 0 Å². The molecule has 0 bridgehead atoms. The van der Waals surface area contributed by atoms with Crippen LogP contribution in [0.1, 0.15) is 17.5 Å². The Morgan fingerprint density at radius 1 is 1.00 bits per heavy atom. The zero-order valence-corrected chi connectivity index (χ0v) is 17.0. The average molecular weight is 414 g/mol. The van der Waals surface area contributed by atoms with Gasteiger partial charge >= 0.3 is 0 Å². The minimum atomic E-state index is -0.410. The number of rotatable bonds is 6. The third-order valence-electron chi connectivity index (χ3n) is 5.75. The maximum atomic E-state index is 12.9. The Balaban J connectivity index is 1.75. The zero-order chi connectivity index (χ0) is 21.5. The lowest BCUT2D eigenvalue weighted by Gasteiger charge is -2.05. The summed E-state index contributed by atoms with van der Waals surface area (Å²) in [7, 11) is 1.90. The predicted octanol–water partition coefficient (Wildman–Crippen LogP) is 3.00. The largest absolute Gasteiger partial charge is 0.508 e. The van der Waals surface area contributed by atoms with E-state index in [1.807, 2.05) is 42.1 Å². The van der Waals surface area contributed by atoms with Gasteiger partial charge in [0.15, 0.2) is 0 Å². The van der Waals surface area contributed by atoms with Crippen LogP contribution in [0.3, 0.4) is 0 Å². The number of phenolic OH excluding ortho intramolecular Hbond substituents is 1. The van der Waals surface area contributed by atoms with Crippen LogP contribution >= 0.6 is 0 Å². The highest BCUT2D eigenvalue weighted by molar-refractivity contribution is 6.50. The summed E-state index contributed by atoms with van der Waals surface area (Å²) in [4.78, 5) is 29.0. The molecule has 0 saturated heterocycles. The summed E-state index contributed by atoms with van der Waals surface area (Å²) < 4.78 is 2.03. The van der Waals surface area contributed by atoms with Gasteiger partial charge in [0.1, 0.15) is 5.75 Å². The van der Waals surface area contributed by atoms with Crippen molar-refractivity contribution >= 4 is 44.8 Å². The van der Waals surface area contributed by atoms with E-state index in [9.17, 15) is 14.7 Å². The van der Waals surface area contributed by atoms with Crippen LogP contribution in [0.2, 0.25) is 0 Å². The lowest BCUT2D eigenvalue weighted by Crippen LogP contribution is -2.22. The Morgan fingerprint density at radius 3 is 2.58 bits per heavy atom. The number of fused-ring (bicyclic) bond motifs is 2. The first-order chi connectivity index (χ1) is 15.1. The van der Waals surface area contributed by atoms with Crippen molar-refractivity contribution in [3.8, 4) is 5.75 Å². The van der Waals surface area contributed by atoms with E-state index in [4.69, 9.17) is 0 Å². The van der Waals surface area contributed by atoms with Crippen LogP contribution < -0.4 is 10.6 Å². The summed E-state index contributed by atoms with van der Waals surface area (Å²) in [5.41, 5.74) is 3.83. The number of benzene rings is 2. The molecule has 0 fully saturated rings. The van der Waals surface area contributed by atoms with Crippen molar-refractivity contribution in [3.05, 3.63) is 66.0 Å². The molecule has 4 N–H and O–H groups in total. The van der Waals surface area contributed by atoms with Gasteiger partial charge in [0.25, 0.3) is 11.8 Å². The fourth-order valence-corrected chi connectivity index (χ4v) is 4.34. The van der Waals surface area contributed by atoms with Crippen molar-refractivity contribution in [2.24, 2.45) is 0 Å². The van der Waals surface area contributed by atoms with Crippen LogP contribution in [0.15, 0.2) is 54.9 Å². The van der Waals surface area contributed by atoms with Crippen molar-refractivity contribution in [2.45, 2.75) is 13.0 Å².